The standard InChI is InChI=1S/C3O6S/c4-1-2-3(5)9-10(6,7)8-2. The maximum Gasteiger partial charge on any atom is 0.504 e. The molecule has 1 aliphatic heterocycles. The fourth-order valence-electron chi connectivity index (χ4n) is 0.342. The predicted octanol–water partition coefficient (Wildman–Crippen LogP) is -1.48. The van der Waals surface area contributed by atoms with Crippen LogP contribution in [0.3, 0.4) is 0 Å². The molecule has 0 saturated carbocycles. The van der Waals surface area contributed by atoms with Gasteiger partial charge in [0.25, 0.3) is 0 Å². The van der Waals surface area contributed by atoms with Crippen molar-refractivity contribution in [2.24, 2.45) is 0 Å². The van der Waals surface area contributed by atoms with Crippen molar-refractivity contribution in [2.75, 3.05) is 0 Å². The normalized spacial score (nSPS) is 21.2. The summed E-state index contributed by atoms with van der Waals surface area (Å²) in [6, 6.07) is 0. The topological polar surface area (TPSA) is 86.7 Å². The molecule has 1 saturated heterocycles. The lowest BCUT2D eigenvalue weighted by Crippen LogP contribution is -1.98. The molecule has 54 valence electrons. The molecule has 1 fully saturated rings. The highest BCUT2D eigenvalue weighted by atomic mass is 32.3. The third-order valence-corrected chi connectivity index (χ3v) is 1.37. The second kappa shape index (κ2) is 1.83. The summed E-state index contributed by atoms with van der Waals surface area (Å²) < 4.78 is 27.6. The first-order chi connectivity index (χ1) is 4.55. The summed E-state index contributed by atoms with van der Waals surface area (Å²) in [6.07, 6.45) is 0. The molecule has 0 aromatic rings. The van der Waals surface area contributed by atoms with E-state index < -0.39 is 22.1 Å². The van der Waals surface area contributed by atoms with Crippen molar-refractivity contribution in [3.63, 3.8) is 0 Å². The van der Waals surface area contributed by atoms with Gasteiger partial charge in [-0.1, -0.05) is 0 Å². The lowest BCUT2D eigenvalue weighted by atomic mass is 10.6. The average Bonchev–Trinajstić information content (AvgIpc) is 2.05. The number of hydrogen-bond acceptors (Lipinski definition) is 6. The van der Waals surface area contributed by atoms with E-state index in [1.807, 2.05) is 0 Å². The van der Waals surface area contributed by atoms with Crippen molar-refractivity contribution >= 4 is 22.3 Å². The van der Waals surface area contributed by atoms with Gasteiger partial charge in [-0.2, -0.15) is 0 Å². The molecule has 0 atom stereocenters. The highest BCUT2D eigenvalue weighted by Crippen LogP contribution is 2.14. The maximum atomic E-state index is 10.2. The van der Waals surface area contributed by atoms with Gasteiger partial charge in [0, 0.05) is 0 Å². The molecule has 0 aliphatic carbocycles. The summed E-state index contributed by atoms with van der Waals surface area (Å²) in [5.74, 6) is -1.35. The van der Waals surface area contributed by atoms with Crippen LogP contribution in [-0.2, 0) is 28.4 Å². The zero-order valence-corrected chi connectivity index (χ0v) is 5.17. The molecule has 0 spiro atoms. The molecule has 0 unspecified atom stereocenters. The third-order valence-electron chi connectivity index (χ3n) is 0.641. The smallest absolute Gasteiger partial charge is 0.333 e. The van der Waals surface area contributed by atoms with E-state index in [2.05, 4.69) is 8.37 Å². The van der Waals surface area contributed by atoms with Gasteiger partial charge in [-0.25, -0.2) is 9.59 Å². The van der Waals surface area contributed by atoms with Crippen molar-refractivity contribution in [3.05, 3.63) is 5.76 Å². The Morgan fingerprint density at radius 3 is 2.10 bits per heavy atom. The van der Waals surface area contributed by atoms with Gasteiger partial charge in [0.2, 0.25) is 0 Å². The molecule has 0 bridgehead atoms. The zero-order chi connectivity index (χ0) is 7.78. The maximum absolute atomic E-state index is 10.2. The van der Waals surface area contributed by atoms with E-state index in [0.717, 1.165) is 5.94 Å². The highest BCUT2D eigenvalue weighted by molar-refractivity contribution is 7.82. The molecule has 0 aromatic carbocycles. The fourth-order valence-corrected chi connectivity index (χ4v) is 0.944. The zero-order valence-electron chi connectivity index (χ0n) is 4.36. The Balaban J connectivity index is 3.15. The van der Waals surface area contributed by atoms with E-state index >= 15 is 0 Å². The van der Waals surface area contributed by atoms with Gasteiger partial charge in [0.05, 0.1) is 0 Å². The van der Waals surface area contributed by atoms with Gasteiger partial charge in [-0.15, -0.1) is 8.42 Å². The quantitative estimate of drug-likeness (QED) is 0.320. The molecule has 1 aliphatic rings. The molecule has 0 N–H and O–H groups in total. The molecule has 10 heavy (non-hydrogen) atoms. The molecule has 0 amide bonds. The van der Waals surface area contributed by atoms with Crippen LogP contribution in [0, 0.1) is 0 Å². The molecule has 0 aromatic heterocycles. The van der Waals surface area contributed by atoms with Crippen LogP contribution >= 0.6 is 0 Å². The molecular weight excluding hydrogens is 164 g/mol. The van der Waals surface area contributed by atoms with Gasteiger partial charge < -0.3 is 8.37 Å². The second-order valence-corrected chi connectivity index (χ2v) is 2.44. The van der Waals surface area contributed by atoms with E-state index in [1.165, 1.54) is 0 Å². The number of carbonyl (C=O) groups excluding carboxylic acids is 2. The van der Waals surface area contributed by atoms with Crippen molar-refractivity contribution < 1.29 is 26.4 Å². The Hall–Kier alpha value is -1.33. The van der Waals surface area contributed by atoms with E-state index in [-0.39, 0.29) is 0 Å². The van der Waals surface area contributed by atoms with Gasteiger partial charge in [0.15, 0.2) is 5.94 Å². The average molecular weight is 164 g/mol. The van der Waals surface area contributed by atoms with Crippen molar-refractivity contribution in [1.82, 2.24) is 0 Å². The minimum absolute atomic E-state index is 0.960. The van der Waals surface area contributed by atoms with E-state index in [0.29, 0.717) is 0 Å². The highest BCUT2D eigenvalue weighted by Gasteiger charge is 2.36. The van der Waals surface area contributed by atoms with Crippen LogP contribution in [-0.4, -0.2) is 20.3 Å². The van der Waals surface area contributed by atoms with Gasteiger partial charge >= 0.3 is 22.1 Å². The van der Waals surface area contributed by atoms with E-state index in [4.69, 9.17) is 0 Å². The Morgan fingerprint density at radius 2 is 1.90 bits per heavy atom. The van der Waals surface area contributed by atoms with Crippen LogP contribution in [0.5, 0.6) is 0 Å². The molecule has 1 rings (SSSR count). The van der Waals surface area contributed by atoms with Gasteiger partial charge in [-0.3, -0.25) is 0 Å². The number of carbonyl (C=O) groups is 1. The summed E-state index contributed by atoms with van der Waals surface area (Å²) in [7, 11) is -4.31. The van der Waals surface area contributed by atoms with Gasteiger partial charge in [0.1, 0.15) is 0 Å². The summed E-state index contributed by atoms with van der Waals surface area (Å²) in [5, 5.41) is 0. The van der Waals surface area contributed by atoms with E-state index in [1.54, 1.807) is 0 Å². The van der Waals surface area contributed by atoms with Crippen molar-refractivity contribution in [3.8, 4) is 0 Å². The first-order valence-corrected chi connectivity index (χ1v) is 3.32. The molecular formula is C3O6S. The van der Waals surface area contributed by atoms with Crippen molar-refractivity contribution in [2.45, 2.75) is 0 Å². The SMILES string of the molecule is O=C=C1OS(=O)(=O)OC1=O. The second-order valence-electron chi connectivity index (χ2n) is 1.29. The third kappa shape index (κ3) is 0.996. The van der Waals surface area contributed by atoms with Crippen LogP contribution < -0.4 is 0 Å². The molecule has 6 nitrogen and oxygen atoms in total. The monoisotopic (exact) mass is 164 g/mol. The number of rotatable bonds is 0. The van der Waals surface area contributed by atoms with Crippen LogP contribution in [0.1, 0.15) is 0 Å². The first kappa shape index (κ1) is 6.79. The minimum Gasteiger partial charge on any atom is -0.333 e. The van der Waals surface area contributed by atoms with Crippen LogP contribution in [0.25, 0.3) is 0 Å². The fraction of sp³-hybridized carbons (Fsp3) is 0. The van der Waals surface area contributed by atoms with E-state index in [9.17, 15) is 18.0 Å². The Labute approximate surface area is 55.4 Å². The van der Waals surface area contributed by atoms with Crippen LogP contribution in [0.15, 0.2) is 5.76 Å². The van der Waals surface area contributed by atoms with Crippen LogP contribution in [0.2, 0.25) is 0 Å². The lowest BCUT2D eigenvalue weighted by molar-refractivity contribution is -0.128. The van der Waals surface area contributed by atoms with Crippen LogP contribution in [0.4, 0.5) is 0 Å². The Morgan fingerprint density at radius 1 is 1.30 bits per heavy atom. The summed E-state index contributed by atoms with van der Waals surface area (Å²) in [4.78, 5) is 19.8. The lowest BCUT2D eigenvalue weighted by Gasteiger charge is -1.82. The van der Waals surface area contributed by atoms with Gasteiger partial charge in [-0.05, 0) is 0 Å². The predicted molar refractivity (Wildman–Crippen MR) is 25.3 cm³/mol. The summed E-state index contributed by atoms with van der Waals surface area (Å²) in [5.41, 5.74) is 0. The molecule has 1 heterocycles. The Bertz CT molecular complexity index is 317. The first-order valence-electron chi connectivity index (χ1n) is 1.98. The number of hydrogen-bond donors (Lipinski definition) is 0. The molecule has 7 heteroatoms. The summed E-state index contributed by atoms with van der Waals surface area (Å²) >= 11 is 0. The Kier molecular flexibility index (Phi) is 1.24. The largest absolute Gasteiger partial charge is 0.504 e. The minimum atomic E-state index is -4.31. The van der Waals surface area contributed by atoms with Crippen molar-refractivity contribution in [1.29, 1.82) is 0 Å². The molecule has 0 radical (unpaired) electrons. The summed E-state index contributed by atoms with van der Waals surface area (Å²) in [6.45, 7) is 0.